The first kappa shape index (κ1) is 31.2. The zero-order chi connectivity index (χ0) is 36.8. The Morgan fingerprint density at radius 3 is 1.75 bits per heavy atom. The molecule has 0 unspecified atom stereocenters. The largest absolute Gasteiger partial charge is 0.456 e. The smallest absolute Gasteiger partial charge is 0.135 e. The minimum absolute atomic E-state index is 0.553. The van der Waals surface area contributed by atoms with Gasteiger partial charge < -0.3 is 4.74 Å². The molecule has 0 atom stereocenters. The van der Waals surface area contributed by atoms with Crippen molar-refractivity contribution in [3.63, 3.8) is 0 Å². The SMILES string of the molecule is c1ccc(C2(c3ccccc3)c3cc(-c4ccc5c6c(cccc46)-c4ccccc4O5)ccc3-c3cc4cccc(-c5ccc6ccccc6c5)c4cc32)cc1. The average Bonchev–Trinajstić information content (AvgIpc) is 3.55. The molecule has 56 heavy (non-hydrogen) atoms. The lowest BCUT2D eigenvalue weighted by atomic mass is 9.67. The van der Waals surface area contributed by atoms with E-state index in [1.165, 1.54) is 88.1 Å². The molecule has 0 saturated heterocycles. The monoisotopic (exact) mass is 710 g/mol. The second-order valence-corrected chi connectivity index (χ2v) is 15.2. The fourth-order valence-electron chi connectivity index (χ4n) is 9.87. The molecule has 0 saturated carbocycles. The van der Waals surface area contributed by atoms with E-state index in [0.717, 1.165) is 22.4 Å². The molecule has 0 fully saturated rings. The third-order valence-corrected chi connectivity index (χ3v) is 12.3. The summed E-state index contributed by atoms with van der Waals surface area (Å²) in [6, 6.07) is 76.1. The zero-order valence-corrected chi connectivity index (χ0v) is 30.5. The highest BCUT2D eigenvalue weighted by Gasteiger charge is 2.46. The normalized spacial score (nSPS) is 13.3. The summed E-state index contributed by atoms with van der Waals surface area (Å²) in [5, 5.41) is 7.36. The molecule has 2 aliphatic rings. The molecule has 260 valence electrons. The Morgan fingerprint density at radius 1 is 0.304 bits per heavy atom. The Bertz CT molecular complexity index is 3170. The molecule has 1 nitrogen and oxygen atoms in total. The maximum absolute atomic E-state index is 6.51. The van der Waals surface area contributed by atoms with Crippen molar-refractivity contribution in [2.24, 2.45) is 0 Å². The predicted molar refractivity (Wildman–Crippen MR) is 233 cm³/mol. The number of rotatable bonds is 4. The molecule has 0 radical (unpaired) electrons. The summed E-state index contributed by atoms with van der Waals surface area (Å²) >= 11 is 0. The molecule has 1 heteroatoms. The van der Waals surface area contributed by atoms with Crippen molar-refractivity contribution in [2.45, 2.75) is 5.41 Å². The minimum atomic E-state index is -0.553. The second-order valence-electron chi connectivity index (χ2n) is 15.2. The molecule has 0 spiro atoms. The topological polar surface area (TPSA) is 9.23 Å². The maximum Gasteiger partial charge on any atom is 0.135 e. The van der Waals surface area contributed by atoms with Crippen molar-refractivity contribution in [3.05, 3.63) is 229 Å². The molecule has 0 aromatic heterocycles. The third-order valence-electron chi connectivity index (χ3n) is 12.3. The first-order valence-electron chi connectivity index (χ1n) is 19.4. The number of benzene rings is 10. The number of hydrogen-bond donors (Lipinski definition) is 0. The summed E-state index contributed by atoms with van der Waals surface area (Å²) in [5.41, 5.74) is 14.3. The first-order valence-corrected chi connectivity index (χ1v) is 19.4. The van der Waals surface area contributed by atoms with E-state index >= 15 is 0 Å². The second kappa shape index (κ2) is 11.9. The summed E-state index contributed by atoms with van der Waals surface area (Å²) < 4.78 is 6.51. The summed E-state index contributed by atoms with van der Waals surface area (Å²) in [7, 11) is 0. The van der Waals surface area contributed by atoms with E-state index < -0.39 is 5.41 Å². The molecular formula is C55H34O. The average molecular weight is 711 g/mol. The first-order chi connectivity index (χ1) is 27.8. The Hall–Kier alpha value is -7.22. The van der Waals surface area contributed by atoms with Crippen LogP contribution in [0.3, 0.4) is 0 Å². The van der Waals surface area contributed by atoms with Crippen molar-refractivity contribution in [1.82, 2.24) is 0 Å². The van der Waals surface area contributed by atoms with Crippen molar-refractivity contribution in [3.8, 4) is 56.0 Å². The number of para-hydroxylation sites is 1. The lowest BCUT2D eigenvalue weighted by Gasteiger charge is -2.34. The van der Waals surface area contributed by atoms with Crippen LogP contribution in [0.5, 0.6) is 11.5 Å². The molecule has 1 heterocycles. The van der Waals surface area contributed by atoms with Crippen molar-refractivity contribution >= 4 is 32.3 Å². The van der Waals surface area contributed by atoms with Gasteiger partial charge in [0.25, 0.3) is 0 Å². The van der Waals surface area contributed by atoms with Crippen LogP contribution in [-0.2, 0) is 5.41 Å². The van der Waals surface area contributed by atoms with Gasteiger partial charge in [-0.1, -0.05) is 170 Å². The molecular weight excluding hydrogens is 677 g/mol. The summed E-state index contributed by atoms with van der Waals surface area (Å²) in [6.45, 7) is 0. The lowest BCUT2D eigenvalue weighted by molar-refractivity contribution is 0.487. The van der Waals surface area contributed by atoms with Gasteiger partial charge in [-0.2, -0.15) is 0 Å². The van der Waals surface area contributed by atoms with Gasteiger partial charge >= 0.3 is 0 Å². The Kier molecular flexibility index (Phi) is 6.62. The van der Waals surface area contributed by atoms with Crippen LogP contribution in [0.25, 0.3) is 76.8 Å². The van der Waals surface area contributed by atoms with Crippen LogP contribution in [0.4, 0.5) is 0 Å². The summed E-state index contributed by atoms with van der Waals surface area (Å²) in [5.74, 6) is 1.81. The van der Waals surface area contributed by atoms with Crippen molar-refractivity contribution in [2.75, 3.05) is 0 Å². The van der Waals surface area contributed by atoms with Crippen molar-refractivity contribution in [1.29, 1.82) is 0 Å². The van der Waals surface area contributed by atoms with E-state index in [-0.39, 0.29) is 0 Å². The van der Waals surface area contributed by atoms with Gasteiger partial charge in [0, 0.05) is 10.9 Å². The van der Waals surface area contributed by atoms with Gasteiger partial charge in [0.15, 0.2) is 0 Å². The molecule has 0 amide bonds. The van der Waals surface area contributed by atoms with Gasteiger partial charge in [-0.3, -0.25) is 0 Å². The zero-order valence-electron chi connectivity index (χ0n) is 30.5. The highest BCUT2D eigenvalue weighted by molar-refractivity contribution is 6.10. The van der Waals surface area contributed by atoms with E-state index in [9.17, 15) is 0 Å². The highest BCUT2D eigenvalue weighted by Crippen LogP contribution is 2.58. The van der Waals surface area contributed by atoms with Crippen LogP contribution in [0.1, 0.15) is 22.3 Å². The third kappa shape index (κ3) is 4.37. The van der Waals surface area contributed by atoms with E-state index in [1.807, 2.05) is 6.07 Å². The maximum atomic E-state index is 6.51. The van der Waals surface area contributed by atoms with E-state index in [0.29, 0.717) is 0 Å². The Labute approximate surface area is 325 Å². The van der Waals surface area contributed by atoms with Crippen molar-refractivity contribution < 1.29 is 4.74 Å². The van der Waals surface area contributed by atoms with Gasteiger partial charge in [-0.15, -0.1) is 0 Å². The summed E-state index contributed by atoms with van der Waals surface area (Å²) in [4.78, 5) is 0. The molecule has 0 bridgehead atoms. The van der Waals surface area contributed by atoms with Gasteiger partial charge in [0.2, 0.25) is 0 Å². The van der Waals surface area contributed by atoms with Crippen LogP contribution in [0.15, 0.2) is 206 Å². The van der Waals surface area contributed by atoms with E-state index in [4.69, 9.17) is 4.74 Å². The minimum Gasteiger partial charge on any atom is -0.456 e. The predicted octanol–water partition coefficient (Wildman–Crippen LogP) is 14.6. The van der Waals surface area contributed by atoms with Crippen LogP contribution in [-0.4, -0.2) is 0 Å². The van der Waals surface area contributed by atoms with Gasteiger partial charge in [0.05, 0.1) is 5.41 Å². The van der Waals surface area contributed by atoms with Crippen LogP contribution in [0, 0.1) is 0 Å². The number of ether oxygens (including phenoxy) is 1. The molecule has 1 aliphatic carbocycles. The van der Waals surface area contributed by atoms with Crippen LogP contribution in [0.2, 0.25) is 0 Å². The van der Waals surface area contributed by atoms with Gasteiger partial charge in [-0.25, -0.2) is 0 Å². The lowest BCUT2D eigenvalue weighted by Crippen LogP contribution is -2.28. The summed E-state index contributed by atoms with van der Waals surface area (Å²) in [6.07, 6.45) is 0. The molecule has 1 aliphatic heterocycles. The molecule has 10 aromatic rings. The van der Waals surface area contributed by atoms with E-state index in [2.05, 4.69) is 200 Å². The molecule has 12 rings (SSSR count). The standard InChI is InChI=1S/C55H34O/c1-3-16-40(17-4-1)55(41-18-5-2-6-19-41)50-33-39(43-29-30-53-54-46(43)22-12-23-47(54)45-20-9-10-24-52(45)56-53)27-28-44(50)49-32-37-15-11-21-42(48(37)34-51(49)55)38-26-25-35-13-7-8-14-36(35)31-38/h1-34H. The highest BCUT2D eigenvalue weighted by atomic mass is 16.5. The fraction of sp³-hybridized carbons (Fsp3) is 0.0182. The van der Waals surface area contributed by atoms with Gasteiger partial charge in [-0.05, 0) is 125 Å². The van der Waals surface area contributed by atoms with E-state index in [1.54, 1.807) is 0 Å². The van der Waals surface area contributed by atoms with Gasteiger partial charge in [0.1, 0.15) is 11.5 Å². The fourth-order valence-corrected chi connectivity index (χ4v) is 9.87. The number of fused-ring (bicyclic) bond motifs is 7. The molecule has 0 N–H and O–H groups in total. The quantitative estimate of drug-likeness (QED) is 0.177. The Balaban J connectivity index is 1.14. The van der Waals surface area contributed by atoms with Crippen LogP contribution >= 0.6 is 0 Å². The Morgan fingerprint density at radius 2 is 0.911 bits per heavy atom. The number of hydrogen-bond acceptors (Lipinski definition) is 1. The molecule has 10 aromatic carbocycles. The van der Waals surface area contributed by atoms with Crippen LogP contribution < -0.4 is 4.74 Å².